The van der Waals surface area contributed by atoms with E-state index in [1.165, 1.54) is 18.7 Å². The Bertz CT molecular complexity index is 4350. The molecular formula is C71H110N28O22S6. The van der Waals surface area contributed by atoms with Crippen LogP contribution in [0.3, 0.4) is 0 Å². The number of hydrogen-bond acceptors (Lipinski definition) is 32. The van der Waals surface area contributed by atoms with Gasteiger partial charge in [-0.05, 0) is 63.1 Å². The van der Waals surface area contributed by atoms with Gasteiger partial charge in [0.15, 0.2) is 11.9 Å². The average molecular weight is 1900 g/mol. The zero-order valence-electron chi connectivity index (χ0n) is 67.5. The number of aliphatic hydroxyl groups excluding tert-OH is 3. The van der Waals surface area contributed by atoms with E-state index in [2.05, 4.69) is 105 Å². The van der Waals surface area contributed by atoms with Crippen LogP contribution in [-0.4, -0.2) is 324 Å². The van der Waals surface area contributed by atoms with Crippen LogP contribution in [0.1, 0.15) is 76.5 Å². The van der Waals surface area contributed by atoms with Crippen molar-refractivity contribution >= 4 is 194 Å². The summed E-state index contributed by atoms with van der Waals surface area (Å²) in [5, 5.41) is 99.7. The Morgan fingerprint density at radius 2 is 0.787 bits per heavy atom. The Balaban J connectivity index is 0.0000286. The zero-order chi connectivity index (χ0) is 92.7. The van der Waals surface area contributed by atoms with Crippen LogP contribution in [0.5, 0.6) is 0 Å². The number of aromatic amines is 2. The van der Waals surface area contributed by atoms with Crippen LogP contribution in [0, 0.1) is 10.8 Å². The second-order valence-corrected chi connectivity index (χ2v) is 36.2. The maximum atomic E-state index is 15.5. The first-order valence-corrected chi connectivity index (χ1v) is 46.5. The number of unbranched alkanes of at least 4 members (excludes halogenated alkanes) is 1. The van der Waals surface area contributed by atoms with E-state index in [1.807, 2.05) is 0 Å². The molecule has 0 radical (unpaired) electrons. The van der Waals surface area contributed by atoms with Crippen molar-refractivity contribution in [3.8, 4) is 0 Å². The summed E-state index contributed by atoms with van der Waals surface area (Å²) in [6, 6.07) is -23.4. The number of H-pyrrole nitrogens is 2. The molecule has 56 heteroatoms. The highest BCUT2D eigenvalue weighted by atomic mass is 33.1. The van der Waals surface area contributed by atoms with Crippen molar-refractivity contribution in [2.75, 3.05) is 74.0 Å². The summed E-state index contributed by atoms with van der Waals surface area (Å²) < 4.78 is 0. The monoisotopic (exact) mass is 1900 g/mol. The normalized spacial score (nSPS) is 26.2. The number of aromatic nitrogens is 3. The van der Waals surface area contributed by atoms with E-state index in [1.54, 1.807) is 24.3 Å². The molecule has 0 aliphatic carbocycles. The molecule has 1 aromatic carbocycles. The predicted molar refractivity (Wildman–Crippen MR) is 470 cm³/mol. The number of carboxylic acids is 1. The smallest absolute Gasteiger partial charge is 0.305 e. The van der Waals surface area contributed by atoms with Gasteiger partial charge in [0.1, 0.15) is 90.6 Å². The van der Waals surface area contributed by atoms with Crippen molar-refractivity contribution < 1.29 is 107 Å². The number of fused-ring (bicyclic) bond motifs is 17. The number of primary amides is 2. The van der Waals surface area contributed by atoms with E-state index in [0.29, 0.717) is 38.1 Å². The van der Waals surface area contributed by atoms with Crippen LogP contribution in [0.2, 0.25) is 0 Å². The molecule has 3 fully saturated rings. The number of benzene rings is 1. The Morgan fingerprint density at radius 1 is 0.425 bits per heavy atom. The molecule has 17 amide bonds. The molecule has 16 unspecified atom stereocenters. The van der Waals surface area contributed by atoms with Gasteiger partial charge in [0.05, 0.1) is 50.7 Å². The van der Waals surface area contributed by atoms with Crippen LogP contribution in [0.15, 0.2) is 43.0 Å². The molecule has 3 aromatic rings. The number of carboxylic acid groups (broad SMARTS) is 1. The first kappa shape index (κ1) is 106. The number of guanidine groups is 2. The minimum absolute atomic E-state index is 0. The molecule has 127 heavy (non-hydrogen) atoms. The minimum atomic E-state index is -2.18. The highest BCUT2D eigenvalue weighted by Gasteiger charge is 2.41. The summed E-state index contributed by atoms with van der Waals surface area (Å²) in [6.07, 6.45) is -0.303. The van der Waals surface area contributed by atoms with E-state index in [4.69, 9.17) is 45.2 Å². The van der Waals surface area contributed by atoms with Crippen LogP contribution >= 0.6 is 64.8 Å². The van der Waals surface area contributed by atoms with Gasteiger partial charge in [-0.2, -0.15) is 0 Å². The molecule has 37 N–H and O–H groups in total. The van der Waals surface area contributed by atoms with E-state index in [9.17, 15) is 92.3 Å². The fourth-order valence-electron chi connectivity index (χ4n) is 12.1. The van der Waals surface area contributed by atoms with Crippen molar-refractivity contribution in [1.82, 2.24) is 105 Å². The maximum absolute atomic E-state index is 15.5. The first-order valence-electron chi connectivity index (χ1n) is 39.1. The number of aliphatic carboxylic acids is 1. The Morgan fingerprint density at radius 3 is 1.24 bits per heavy atom. The van der Waals surface area contributed by atoms with Gasteiger partial charge in [-0.25, -0.2) is 4.98 Å². The number of imidazole rings is 1. The Kier molecular flexibility index (Phi) is 45.9. The summed E-state index contributed by atoms with van der Waals surface area (Å²) in [7, 11) is 4.39. The number of nitrogens with two attached hydrogens (primary N) is 6. The van der Waals surface area contributed by atoms with Gasteiger partial charge in [-0.1, -0.05) is 90.4 Å². The first-order chi connectivity index (χ1) is 60.0. The fraction of sp³-hybridized carbons (Fsp3) is 0.563. The van der Waals surface area contributed by atoms with Gasteiger partial charge in [0, 0.05) is 83.7 Å². The summed E-state index contributed by atoms with van der Waals surface area (Å²) in [5.74, 6) is -27.2. The summed E-state index contributed by atoms with van der Waals surface area (Å²) in [4.78, 5) is 270. The quantitative estimate of drug-likeness (QED) is 0.0171. The van der Waals surface area contributed by atoms with Crippen LogP contribution in [0.25, 0.3) is 10.9 Å². The van der Waals surface area contributed by atoms with Gasteiger partial charge < -0.3 is 155 Å². The highest BCUT2D eigenvalue weighted by molar-refractivity contribution is 8.77. The number of hydrogen-bond donors (Lipinski definition) is 31. The van der Waals surface area contributed by atoms with Gasteiger partial charge in [-0.3, -0.25) is 97.1 Å². The topological polar surface area (TPSA) is 841 Å². The SMILES string of the molecule is C.N=C(N)NCCCC1NC(=O)C(CO)NC(=O)C(Cc2c[nH]cn2)NC(=O)C(CC(=O)O)NC(=O)C(CCCNC(=N)N)NC(=O)C2CSSCC(N)C(=O)NC3CSSCC(NC1=O)C(=O)NC(C(N)=O)CSSCC(NC(=O)C(CC(N)=O)NC3=O)C(=O)NC(CO)C(=O)NC(CO)C(=O)NC(CCCCN)C(=O)NC(Cc1c[nH]c3ccccc13)C(=O)N2. The molecule has 6 rings (SSSR count). The van der Waals surface area contributed by atoms with Gasteiger partial charge in [0.25, 0.3) is 0 Å². The lowest BCUT2D eigenvalue weighted by Gasteiger charge is -2.28. The van der Waals surface area contributed by atoms with Crippen LogP contribution in [-0.2, 0) is 99.1 Å². The molecule has 2 aromatic heterocycles. The van der Waals surface area contributed by atoms with Crippen molar-refractivity contribution in [3.05, 3.63) is 54.2 Å². The molecule has 0 saturated carbocycles. The number of amides is 17. The number of aliphatic hydroxyl groups is 3. The zero-order valence-corrected chi connectivity index (χ0v) is 72.4. The Hall–Kier alpha value is -11.1. The number of nitrogens with zero attached hydrogens (tertiary/aromatic N) is 1. The molecule has 4 bridgehead atoms. The lowest BCUT2D eigenvalue weighted by molar-refractivity contribution is -0.141. The summed E-state index contributed by atoms with van der Waals surface area (Å²) >= 11 is 0. The number of para-hydroxylation sites is 1. The lowest BCUT2D eigenvalue weighted by Crippen LogP contribution is -2.62. The predicted octanol–water partition coefficient (Wildman–Crippen LogP) is -11.4. The molecule has 702 valence electrons. The third-order valence-corrected chi connectivity index (χ3v) is 26.1. The van der Waals surface area contributed by atoms with Gasteiger partial charge in [-0.15, -0.1) is 0 Å². The molecule has 3 aliphatic rings. The maximum Gasteiger partial charge on any atom is 0.305 e. The largest absolute Gasteiger partial charge is 0.481 e. The van der Waals surface area contributed by atoms with E-state index in [-0.39, 0.29) is 64.9 Å². The molecular weight excluding hydrogens is 1790 g/mol. The standard InChI is InChI=1S/C70H106N28O22S6.CH4/c71-12-4-3-9-36-55(107)87-39(15-31-19-82-35-8-2-1-7-33(31)35)58(110)97-48-27-123-121-24-34(72)54(106)95-47-26-125-126-29-50(68(120)94-46(53(74)105)25-122-124-28-49(98-60(112)41(17-51(73)102)89-66(47)118)67(119)93-45(23-101)64(116)92-44(22-100)63(115)84-36)96-57(109)38(11-6-14-81-70(77)78)85-62(114)43(21-99)91-59(111)40(16-32-20-79-30-83-32)88-61(113)42(18-52(103)104)90-56(108)37(86-65(48)117)10-5-13-80-69(75)76;/h1-2,7-8,19-20,30,34,36-50,82,99-101H,3-6,9-18,21-29,71-72H2,(H2,73,102)(H2,74,105)(H,79,83)(H,84,115)(H,85,114)(H,86,117)(H,87,107)(H,88,113)(H,89,118)(H,90,108)(H,91,111)(H,92,116)(H,93,119)(H,94,120)(H,95,106)(H,96,109)(H,97,110)(H,98,112)(H,103,104)(H4,75,76,80)(H4,77,78,81);1H4. The van der Waals surface area contributed by atoms with Crippen LogP contribution < -0.4 is 125 Å². The lowest BCUT2D eigenvalue weighted by atomic mass is 10.0. The second kappa shape index (κ2) is 54.8. The van der Waals surface area contributed by atoms with E-state index in [0.717, 1.165) is 43.2 Å². The van der Waals surface area contributed by atoms with Crippen molar-refractivity contribution in [3.63, 3.8) is 0 Å². The number of rotatable bonds is 24. The van der Waals surface area contributed by atoms with Crippen molar-refractivity contribution in [2.45, 2.75) is 175 Å². The van der Waals surface area contributed by atoms with Crippen molar-refractivity contribution in [1.29, 1.82) is 10.8 Å². The molecule has 3 saturated heterocycles. The molecule has 0 spiro atoms. The third-order valence-electron chi connectivity index (χ3n) is 18.8. The van der Waals surface area contributed by atoms with Gasteiger partial charge >= 0.3 is 5.97 Å². The average Bonchev–Trinajstić information content (AvgIpc) is 1.83. The summed E-state index contributed by atoms with van der Waals surface area (Å²) in [5.41, 5.74) is 36.0. The van der Waals surface area contributed by atoms with E-state index >= 15 is 14.4 Å². The van der Waals surface area contributed by atoms with E-state index < -0.39 is 308 Å². The van der Waals surface area contributed by atoms with Crippen molar-refractivity contribution in [2.24, 2.45) is 34.4 Å². The molecule has 3 aliphatic heterocycles. The minimum Gasteiger partial charge on any atom is -0.481 e. The fourth-order valence-corrected chi connectivity index (χ4v) is 19.0. The van der Waals surface area contributed by atoms with Crippen LogP contribution in [0.4, 0.5) is 0 Å². The third kappa shape index (κ3) is 35.9. The number of carbonyl (C=O) groups excluding carboxylic acids is 17. The molecule has 5 heterocycles. The Labute approximate surface area is 749 Å². The highest BCUT2D eigenvalue weighted by Crippen LogP contribution is 2.28. The summed E-state index contributed by atoms with van der Waals surface area (Å²) in [6.45, 7) is -4.02. The molecule has 50 nitrogen and oxygen atoms in total. The van der Waals surface area contributed by atoms with Gasteiger partial charge in [0.2, 0.25) is 100 Å². The molecule has 16 atom stereocenters. The number of nitrogens with one attached hydrogen (secondary N) is 21. The number of carbonyl (C=O) groups is 18. The second-order valence-electron chi connectivity index (χ2n) is 28.5.